The SMILES string of the molecule is COc1cc(C(=O)Nc2ccc3nc(N4CCOCC4)sc3c2)c([N+](=O)[O-])cc1OC(F)F. The molecule has 1 saturated heterocycles. The van der Waals surface area contributed by atoms with Crippen LogP contribution < -0.4 is 19.7 Å². The maximum Gasteiger partial charge on any atom is 0.387 e. The van der Waals surface area contributed by atoms with E-state index < -0.39 is 28.9 Å². The highest BCUT2D eigenvalue weighted by molar-refractivity contribution is 7.22. The van der Waals surface area contributed by atoms with Crippen molar-refractivity contribution in [2.75, 3.05) is 43.6 Å². The summed E-state index contributed by atoms with van der Waals surface area (Å²) in [4.78, 5) is 30.2. The Morgan fingerprint density at radius 1 is 1.27 bits per heavy atom. The molecule has 0 aliphatic carbocycles. The van der Waals surface area contributed by atoms with Crippen molar-refractivity contribution in [1.29, 1.82) is 0 Å². The van der Waals surface area contributed by atoms with Crippen molar-refractivity contribution in [3.8, 4) is 11.5 Å². The number of thiazole rings is 1. The number of fused-ring (bicyclic) bond motifs is 1. The molecular formula is C20H18F2N4O6S. The van der Waals surface area contributed by atoms with Gasteiger partial charge in [-0.25, -0.2) is 4.98 Å². The number of nitrogens with one attached hydrogen (secondary N) is 1. The van der Waals surface area contributed by atoms with Gasteiger partial charge in [0.15, 0.2) is 16.6 Å². The summed E-state index contributed by atoms with van der Waals surface area (Å²) in [5.41, 5.74) is 0.0841. The van der Waals surface area contributed by atoms with Gasteiger partial charge in [-0.15, -0.1) is 0 Å². The second-order valence-electron chi connectivity index (χ2n) is 6.89. The van der Waals surface area contributed by atoms with Crippen LogP contribution in [0.3, 0.4) is 0 Å². The van der Waals surface area contributed by atoms with E-state index in [1.54, 1.807) is 18.2 Å². The minimum Gasteiger partial charge on any atom is -0.493 e. The molecule has 33 heavy (non-hydrogen) atoms. The van der Waals surface area contributed by atoms with Gasteiger partial charge in [-0.1, -0.05) is 11.3 Å². The maximum atomic E-state index is 12.8. The van der Waals surface area contributed by atoms with Gasteiger partial charge in [-0.05, 0) is 18.2 Å². The zero-order chi connectivity index (χ0) is 23.5. The number of carbonyl (C=O) groups excluding carboxylic acids is 1. The largest absolute Gasteiger partial charge is 0.493 e. The first-order valence-electron chi connectivity index (χ1n) is 9.71. The number of benzene rings is 2. The molecule has 0 atom stereocenters. The average molecular weight is 480 g/mol. The Hall–Kier alpha value is -3.58. The number of nitro groups is 1. The Balaban J connectivity index is 1.61. The summed E-state index contributed by atoms with van der Waals surface area (Å²) in [6.45, 7) is -0.492. The number of nitro benzene ring substituents is 1. The van der Waals surface area contributed by atoms with E-state index in [2.05, 4.69) is 19.9 Å². The summed E-state index contributed by atoms with van der Waals surface area (Å²) in [5, 5.41) is 14.9. The fourth-order valence-corrected chi connectivity index (χ4v) is 4.36. The zero-order valence-electron chi connectivity index (χ0n) is 17.2. The van der Waals surface area contributed by atoms with Crippen molar-refractivity contribution in [3.05, 3.63) is 46.0 Å². The number of halogens is 2. The molecule has 4 rings (SSSR count). The highest BCUT2D eigenvalue weighted by Gasteiger charge is 2.26. The molecular weight excluding hydrogens is 462 g/mol. The lowest BCUT2D eigenvalue weighted by Crippen LogP contribution is -2.36. The van der Waals surface area contributed by atoms with Gasteiger partial charge in [0.25, 0.3) is 11.6 Å². The van der Waals surface area contributed by atoms with Gasteiger partial charge in [0.1, 0.15) is 5.56 Å². The van der Waals surface area contributed by atoms with Crippen LogP contribution in [0.15, 0.2) is 30.3 Å². The first-order valence-corrected chi connectivity index (χ1v) is 10.5. The van der Waals surface area contributed by atoms with Crippen LogP contribution in [0, 0.1) is 10.1 Å². The first-order chi connectivity index (χ1) is 15.9. The number of amides is 1. The summed E-state index contributed by atoms with van der Waals surface area (Å²) in [7, 11) is 1.17. The summed E-state index contributed by atoms with van der Waals surface area (Å²) in [6, 6.07) is 6.81. The molecule has 1 amide bonds. The first kappa shape index (κ1) is 22.6. The number of alkyl halides is 2. The number of morpholine rings is 1. The van der Waals surface area contributed by atoms with Gasteiger partial charge in [-0.2, -0.15) is 8.78 Å². The van der Waals surface area contributed by atoms with Crippen LogP contribution in [-0.2, 0) is 4.74 Å². The highest BCUT2D eigenvalue weighted by atomic mass is 32.1. The van der Waals surface area contributed by atoms with Crippen LogP contribution in [-0.4, -0.2) is 55.8 Å². The van der Waals surface area contributed by atoms with Gasteiger partial charge in [-0.3, -0.25) is 14.9 Å². The minimum atomic E-state index is -3.22. The number of ether oxygens (including phenoxy) is 3. The molecule has 1 fully saturated rings. The molecule has 1 N–H and O–H groups in total. The zero-order valence-corrected chi connectivity index (χ0v) is 18.1. The van der Waals surface area contributed by atoms with E-state index in [1.807, 2.05) is 0 Å². The van der Waals surface area contributed by atoms with Crippen molar-refractivity contribution < 1.29 is 32.7 Å². The molecule has 0 bridgehead atoms. The molecule has 10 nitrogen and oxygen atoms in total. The summed E-state index contributed by atoms with van der Waals surface area (Å²) >= 11 is 1.45. The van der Waals surface area contributed by atoms with E-state index in [9.17, 15) is 23.7 Å². The van der Waals surface area contributed by atoms with Crippen LogP contribution >= 0.6 is 11.3 Å². The lowest BCUT2D eigenvalue weighted by Gasteiger charge is -2.25. The normalized spacial score (nSPS) is 13.9. The fourth-order valence-electron chi connectivity index (χ4n) is 3.31. The molecule has 3 aromatic rings. The number of methoxy groups -OCH3 is 1. The van der Waals surface area contributed by atoms with E-state index in [0.29, 0.717) is 18.9 Å². The van der Waals surface area contributed by atoms with E-state index in [1.165, 1.54) is 18.4 Å². The smallest absolute Gasteiger partial charge is 0.387 e. The van der Waals surface area contributed by atoms with Crippen molar-refractivity contribution in [2.45, 2.75) is 6.61 Å². The number of carbonyl (C=O) groups is 1. The van der Waals surface area contributed by atoms with Crippen LogP contribution in [0.2, 0.25) is 0 Å². The molecule has 0 saturated carbocycles. The highest BCUT2D eigenvalue weighted by Crippen LogP contribution is 2.36. The van der Waals surface area contributed by atoms with Crippen LogP contribution in [0.25, 0.3) is 10.2 Å². The van der Waals surface area contributed by atoms with Gasteiger partial charge in [0.2, 0.25) is 0 Å². The van der Waals surface area contributed by atoms with E-state index in [-0.39, 0.29) is 11.3 Å². The third-order valence-corrected chi connectivity index (χ3v) is 5.93. The van der Waals surface area contributed by atoms with Crippen molar-refractivity contribution in [1.82, 2.24) is 4.98 Å². The quantitative estimate of drug-likeness (QED) is 0.400. The molecule has 174 valence electrons. The average Bonchev–Trinajstić information content (AvgIpc) is 3.22. The Kier molecular flexibility index (Phi) is 6.51. The maximum absolute atomic E-state index is 12.8. The Morgan fingerprint density at radius 3 is 2.70 bits per heavy atom. The predicted octanol–water partition coefficient (Wildman–Crippen LogP) is 3.90. The Morgan fingerprint density at radius 2 is 2.03 bits per heavy atom. The second kappa shape index (κ2) is 9.50. The minimum absolute atomic E-state index is 0.237. The van der Waals surface area contributed by atoms with Gasteiger partial charge in [0, 0.05) is 24.8 Å². The Bertz CT molecular complexity index is 1200. The van der Waals surface area contributed by atoms with Crippen molar-refractivity contribution >= 4 is 44.0 Å². The predicted molar refractivity (Wildman–Crippen MR) is 117 cm³/mol. The fraction of sp³-hybridized carbons (Fsp3) is 0.300. The molecule has 1 aliphatic heterocycles. The number of anilines is 2. The van der Waals surface area contributed by atoms with E-state index >= 15 is 0 Å². The topological polar surface area (TPSA) is 116 Å². The molecule has 1 aliphatic rings. The van der Waals surface area contributed by atoms with Gasteiger partial charge in [0.05, 0.1) is 41.5 Å². The Labute approximate surface area is 189 Å². The third-order valence-electron chi connectivity index (χ3n) is 4.86. The molecule has 2 heterocycles. The standard InChI is InChI=1S/C20H18F2N4O6S/c1-30-15-9-12(14(26(28)29)10-16(15)32-19(21)22)18(27)23-11-2-3-13-17(8-11)33-20(24-13)25-4-6-31-7-5-25/h2-3,8-10,19H,4-7H2,1H3,(H,23,27). The van der Waals surface area contributed by atoms with Crippen LogP contribution in [0.1, 0.15) is 10.4 Å². The molecule has 0 unspecified atom stereocenters. The molecule has 2 aromatic carbocycles. The number of hydrogen-bond donors (Lipinski definition) is 1. The molecule has 1 aromatic heterocycles. The number of aromatic nitrogens is 1. The van der Waals surface area contributed by atoms with Gasteiger partial charge >= 0.3 is 6.61 Å². The molecule has 13 heteroatoms. The number of rotatable bonds is 7. The van der Waals surface area contributed by atoms with Crippen molar-refractivity contribution in [3.63, 3.8) is 0 Å². The van der Waals surface area contributed by atoms with Crippen LogP contribution in [0.4, 0.5) is 25.3 Å². The van der Waals surface area contributed by atoms with E-state index in [0.717, 1.165) is 40.6 Å². The summed E-state index contributed by atoms with van der Waals surface area (Å²) < 4.78 is 40.7. The van der Waals surface area contributed by atoms with Gasteiger partial charge < -0.3 is 24.4 Å². The number of hydrogen-bond acceptors (Lipinski definition) is 9. The lowest BCUT2D eigenvalue weighted by atomic mass is 10.1. The monoisotopic (exact) mass is 480 g/mol. The third kappa shape index (κ3) is 4.93. The lowest BCUT2D eigenvalue weighted by molar-refractivity contribution is -0.385. The summed E-state index contributed by atoms with van der Waals surface area (Å²) in [5.74, 6) is -1.59. The van der Waals surface area contributed by atoms with Crippen LogP contribution in [0.5, 0.6) is 11.5 Å². The second-order valence-corrected chi connectivity index (χ2v) is 7.90. The number of nitrogens with zero attached hydrogens (tertiary/aromatic N) is 3. The molecule has 0 radical (unpaired) electrons. The van der Waals surface area contributed by atoms with Crippen molar-refractivity contribution in [2.24, 2.45) is 0 Å². The molecule has 0 spiro atoms. The summed E-state index contributed by atoms with van der Waals surface area (Å²) in [6.07, 6.45) is 0. The van der Waals surface area contributed by atoms with E-state index in [4.69, 9.17) is 9.47 Å².